The van der Waals surface area contributed by atoms with E-state index in [-0.39, 0.29) is 0 Å². The van der Waals surface area contributed by atoms with Crippen molar-refractivity contribution in [3.63, 3.8) is 0 Å². The number of rotatable bonds is 2. The molecule has 76 valence electrons. The summed E-state index contributed by atoms with van der Waals surface area (Å²) in [6.45, 7) is 3.19. The van der Waals surface area contributed by atoms with Crippen LogP contribution in [0, 0.1) is 0 Å². The molecule has 1 fully saturated rings. The Kier molecular flexibility index (Phi) is 3.07. The summed E-state index contributed by atoms with van der Waals surface area (Å²) in [5.74, 6) is 0. The largest absolute Gasteiger partial charge is 0.385 e. The Bertz CT molecular complexity index is 294. The van der Waals surface area contributed by atoms with Gasteiger partial charge >= 0.3 is 0 Å². The average molecular weight is 189 g/mol. The number of likely N-dealkylation sites (N-methyl/N-ethyl adjacent to an activating group) is 1. The standard InChI is InChI=1S/C13H19N/c1-2-14-13-10-6-4-8-11-7-3-5-9-12(11)13/h6,8,10,14H,2-5,7,9H2,1H3. The van der Waals surface area contributed by atoms with Crippen LogP contribution >= 0.6 is 0 Å². The summed E-state index contributed by atoms with van der Waals surface area (Å²) in [5, 5.41) is 3.48. The lowest BCUT2D eigenvalue weighted by Crippen LogP contribution is -2.15. The second kappa shape index (κ2) is 4.50. The van der Waals surface area contributed by atoms with E-state index < -0.39 is 0 Å². The van der Waals surface area contributed by atoms with Crippen molar-refractivity contribution in [1.29, 1.82) is 0 Å². The number of hydrogen-bond donors (Lipinski definition) is 1. The molecule has 0 aromatic rings. The summed E-state index contributed by atoms with van der Waals surface area (Å²) in [4.78, 5) is 0. The highest BCUT2D eigenvalue weighted by molar-refractivity contribution is 5.42. The van der Waals surface area contributed by atoms with Crippen molar-refractivity contribution in [1.82, 2.24) is 5.32 Å². The summed E-state index contributed by atoms with van der Waals surface area (Å²) in [5.41, 5.74) is 4.54. The maximum Gasteiger partial charge on any atom is 0.0372 e. The minimum absolute atomic E-state index is 1.02. The first-order valence-electron chi connectivity index (χ1n) is 5.74. The Hall–Kier alpha value is -0.980. The quantitative estimate of drug-likeness (QED) is 0.702. The molecule has 0 aromatic carbocycles. The number of fused-ring (bicyclic) bond motifs is 1. The predicted octanol–water partition coefficient (Wildman–Crippen LogP) is 3.31. The summed E-state index contributed by atoms with van der Waals surface area (Å²) in [6, 6.07) is 0. The van der Waals surface area contributed by atoms with E-state index in [4.69, 9.17) is 0 Å². The lowest BCUT2D eigenvalue weighted by Gasteiger charge is -2.20. The van der Waals surface area contributed by atoms with Crippen LogP contribution in [0.3, 0.4) is 0 Å². The van der Waals surface area contributed by atoms with Gasteiger partial charge in [0, 0.05) is 12.2 Å². The third kappa shape index (κ3) is 1.92. The molecule has 0 unspecified atom stereocenters. The Morgan fingerprint density at radius 1 is 1.29 bits per heavy atom. The summed E-state index contributed by atoms with van der Waals surface area (Å²) in [7, 11) is 0. The first-order chi connectivity index (χ1) is 6.92. The number of allylic oxidation sites excluding steroid dienone is 5. The zero-order chi connectivity index (χ0) is 9.80. The Morgan fingerprint density at radius 3 is 3.00 bits per heavy atom. The third-order valence-electron chi connectivity index (χ3n) is 2.99. The molecule has 0 atom stereocenters. The van der Waals surface area contributed by atoms with Gasteiger partial charge in [0.15, 0.2) is 0 Å². The van der Waals surface area contributed by atoms with E-state index in [2.05, 4.69) is 30.5 Å². The topological polar surface area (TPSA) is 12.0 Å². The normalized spacial score (nSPS) is 21.4. The molecule has 0 bridgehead atoms. The van der Waals surface area contributed by atoms with Gasteiger partial charge in [-0.15, -0.1) is 0 Å². The van der Waals surface area contributed by atoms with Crippen molar-refractivity contribution in [2.75, 3.05) is 6.54 Å². The highest BCUT2D eigenvalue weighted by atomic mass is 14.9. The second-order valence-corrected chi connectivity index (χ2v) is 4.00. The molecule has 0 heterocycles. The number of nitrogens with one attached hydrogen (secondary N) is 1. The van der Waals surface area contributed by atoms with E-state index in [0.29, 0.717) is 0 Å². The molecule has 1 nitrogen and oxygen atoms in total. The van der Waals surface area contributed by atoms with Gasteiger partial charge in [0.1, 0.15) is 0 Å². The highest BCUT2D eigenvalue weighted by Gasteiger charge is 2.15. The van der Waals surface area contributed by atoms with Crippen LogP contribution in [0.1, 0.15) is 39.0 Å². The fourth-order valence-electron chi connectivity index (χ4n) is 2.31. The van der Waals surface area contributed by atoms with Crippen molar-refractivity contribution in [3.05, 3.63) is 35.1 Å². The lowest BCUT2D eigenvalue weighted by molar-refractivity contribution is 0.666. The highest BCUT2D eigenvalue weighted by Crippen LogP contribution is 2.32. The van der Waals surface area contributed by atoms with E-state index in [0.717, 1.165) is 13.0 Å². The van der Waals surface area contributed by atoms with Gasteiger partial charge in [0.25, 0.3) is 0 Å². The molecule has 14 heavy (non-hydrogen) atoms. The van der Waals surface area contributed by atoms with Gasteiger partial charge in [-0.05, 0) is 56.3 Å². The van der Waals surface area contributed by atoms with Crippen LogP contribution in [0.2, 0.25) is 0 Å². The van der Waals surface area contributed by atoms with Gasteiger partial charge in [0.05, 0.1) is 0 Å². The molecule has 1 heteroatoms. The molecule has 0 spiro atoms. The van der Waals surface area contributed by atoms with Crippen LogP contribution in [-0.2, 0) is 0 Å². The molecule has 2 aliphatic rings. The van der Waals surface area contributed by atoms with Crippen molar-refractivity contribution in [2.45, 2.75) is 39.0 Å². The Morgan fingerprint density at radius 2 is 2.14 bits per heavy atom. The smallest absolute Gasteiger partial charge is 0.0372 e. The molecule has 1 saturated carbocycles. The van der Waals surface area contributed by atoms with Crippen molar-refractivity contribution < 1.29 is 0 Å². The molecule has 0 aromatic heterocycles. The first kappa shape index (κ1) is 9.57. The fourth-order valence-corrected chi connectivity index (χ4v) is 2.31. The van der Waals surface area contributed by atoms with Gasteiger partial charge in [0.2, 0.25) is 0 Å². The molecule has 0 aliphatic heterocycles. The zero-order valence-electron chi connectivity index (χ0n) is 8.97. The Balaban J connectivity index is 2.29. The van der Waals surface area contributed by atoms with Crippen LogP contribution in [0.15, 0.2) is 35.1 Å². The lowest BCUT2D eigenvalue weighted by atomic mass is 9.88. The van der Waals surface area contributed by atoms with Crippen LogP contribution in [0.4, 0.5) is 0 Å². The maximum atomic E-state index is 3.48. The van der Waals surface area contributed by atoms with E-state index in [1.54, 1.807) is 11.1 Å². The molecule has 2 aliphatic carbocycles. The van der Waals surface area contributed by atoms with Gasteiger partial charge in [-0.2, -0.15) is 0 Å². The summed E-state index contributed by atoms with van der Waals surface area (Å²) < 4.78 is 0. The average Bonchev–Trinajstić information content (AvgIpc) is 2.42. The molecule has 0 saturated heterocycles. The SMILES string of the molecule is CCNC1=C2CCCCC2=CCC=C1. The molecular formula is C13H19N. The van der Waals surface area contributed by atoms with Crippen molar-refractivity contribution >= 4 is 0 Å². The number of hydrogen-bond acceptors (Lipinski definition) is 1. The molecular weight excluding hydrogens is 170 g/mol. The van der Waals surface area contributed by atoms with Crippen LogP contribution in [0.5, 0.6) is 0 Å². The molecule has 0 radical (unpaired) electrons. The van der Waals surface area contributed by atoms with E-state index in [9.17, 15) is 0 Å². The van der Waals surface area contributed by atoms with Crippen LogP contribution in [0.25, 0.3) is 0 Å². The van der Waals surface area contributed by atoms with E-state index in [1.165, 1.54) is 31.4 Å². The maximum absolute atomic E-state index is 3.48. The van der Waals surface area contributed by atoms with Crippen LogP contribution < -0.4 is 5.32 Å². The molecule has 1 N–H and O–H groups in total. The first-order valence-corrected chi connectivity index (χ1v) is 5.74. The fraction of sp³-hybridized carbons (Fsp3) is 0.538. The molecule has 2 rings (SSSR count). The summed E-state index contributed by atoms with van der Waals surface area (Å²) in [6.07, 6.45) is 13.3. The van der Waals surface area contributed by atoms with Gasteiger partial charge < -0.3 is 5.32 Å². The van der Waals surface area contributed by atoms with Gasteiger partial charge in [-0.3, -0.25) is 0 Å². The van der Waals surface area contributed by atoms with E-state index >= 15 is 0 Å². The monoisotopic (exact) mass is 189 g/mol. The minimum atomic E-state index is 1.02. The van der Waals surface area contributed by atoms with Crippen molar-refractivity contribution in [3.8, 4) is 0 Å². The second-order valence-electron chi connectivity index (χ2n) is 4.00. The van der Waals surface area contributed by atoms with Crippen molar-refractivity contribution in [2.24, 2.45) is 0 Å². The van der Waals surface area contributed by atoms with Gasteiger partial charge in [-0.1, -0.05) is 12.2 Å². The van der Waals surface area contributed by atoms with E-state index in [1.807, 2.05) is 0 Å². The summed E-state index contributed by atoms with van der Waals surface area (Å²) >= 11 is 0. The van der Waals surface area contributed by atoms with Crippen LogP contribution in [-0.4, -0.2) is 6.54 Å². The predicted molar refractivity (Wildman–Crippen MR) is 61.0 cm³/mol. The minimum Gasteiger partial charge on any atom is -0.385 e. The Labute approximate surface area is 86.6 Å². The third-order valence-corrected chi connectivity index (χ3v) is 2.99. The molecule has 0 amide bonds. The van der Waals surface area contributed by atoms with Gasteiger partial charge in [-0.25, -0.2) is 0 Å². The zero-order valence-corrected chi connectivity index (χ0v) is 8.97.